The number of carboxylic acid groups (broad SMARTS) is 1. The van der Waals surface area contributed by atoms with Crippen LogP contribution in [-0.2, 0) is 19.1 Å². The molecule has 5 nitrogen and oxygen atoms in total. The van der Waals surface area contributed by atoms with E-state index in [-0.39, 0.29) is 18.6 Å². The first-order valence-corrected chi connectivity index (χ1v) is 6.96. The molecule has 112 valence electrons. The summed E-state index contributed by atoms with van der Waals surface area (Å²) in [5.41, 5.74) is 0. The van der Waals surface area contributed by atoms with Crippen molar-refractivity contribution >= 4 is 11.8 Å². The van der Waals surface area contributed by atoms with Crippen molar-refractivity contribution in [2.75, 3.05) is 0 Å². The molecule has 2 unspecified atom stereocenters. The van der Waals surface area contributed by atoms with E-state index in [1.807, 2.05) is 20.8 Å². The SMILES string of the molecule is CCCC(=O)C(OC(C)CC)(OC(C)CC)C(=O)O. The van der Waals surface area contributed by atoms with Gasteiger partial charge in [-0.3, -0.25) is 4.79 Å². The molecule has 2 atom stereocenters. The highest BCUT2D eigenvalue weighted by molar-refractivity contribution is 6.04. The minimum absolute atomic E-state index is 0.124. The van der Waals surface area contributed by atoms with Crippen LogP contribution in [0.25, 0.3) is 0 Å². The Kier molecular flexibility index (Phi) is 7.87. The highest BCUT2D eigenvalue weighted by Crippen LogP contribution is 2.24. The number of ketones is 1. The second kappa shape index (κ2) is 8.27. The summed E-state index contributed by atoms with van der Waals surface area (Å²) in [5, 5.41) is 9.44. The molecule has 0 spiro atoms. The van der Waals surface area contributed by atoms with Gasteiger partial charge in [0.05, 0.1) is 12.2 Å². The lowest BCUT2D eigenvalue weighted by molar-refractivity contribution is -0.260. The average molecular weight is 274 g/mol. The molecule has 0 saturated heterocycles. The molecule has 0 aliphatic heterocycles. The maximum atomic E-state index is 12.2. The molecule has 0 rings (SSSR count). The molecule has 0 fully saturated rings. The number of hydrogen-bond acceptors (Lipinski definition) is 4. The highest BCUT2D eigenvalue weighted by atomic mass is 16.7. The van der Waals surface area contributed by atoms with Crippen LogP contribution in [0.5, 0.6) is 0 Å². The van der Waals surface area contributed by atoms with Gasteiger partial charge in [0.1, 0.15) is 0 Å². The van der Waals surface area contributed by atoms with Gasteiger partial charge in [-0.25, -0.2) is 4.79 Å². The van der Waals surface area contributed by atoms with E-state index in [1.165, 1.54) is 0 Å². The van der Waals surface area contributed by atoms with Gasteiger partial charge < -0.3 is 14.6 Å². The molecule has 0 aliphatic rings. The Hall–Kier alpha value is -0.940. The van der Waals surface area contributed by atoms with E-state index in [2.05, 4.69) is 0 Å². The predicted molar refractivity (Wildman–Crippen MR) is 72.0 cm³/mol. The van der Waals surface area contributed by atoms with E-state index < -0.39 is 17.5 Å². The topological polar surface area (TPSA) is 72.8 Å². The van der Waals surface area contributed by atoms with Crippen molar-refractivity contribution in [3.05, 3.63) is 0 Å². The highest BCUT2D eigenvalue weighted by Gasteiger charge is 2.50. The zero-order valence-corrected chi connectivity index (χ0v) is 12.6. The normalized spacial score (nSPS) is 17.5. The first kappa shape index (κ1) is 18.1. The van der Waals surface area contributed by atoms with Crippen LogP contribution in [0.15, 0.2) is 0 Å². The third-order valence-corrected chi connectivity index (χ3v) is 3.01. The van der Waals surface area contributed by atoms with Crippen molar-refractivity contribution in [2.24, 2.45) is 0 Å². The van der Waals surface area contributed by atoms with Crippen LogP contribution in [0.2, 0.25) is 0 Å². The van der Waals surface area contributed by atoms with Gasteiger partial charge in [0.25, 0.3) is 0 Å². The molecule has 0 aromatic heterocycles. The van der Waals surface area contributed by atoms with Crippen molar-refractivity contribution in [3.8, 4) is 0 Å². The van der Waals surface area contributed by atoms with Gasteiger partial charge >= 0.3 is 11.8 Å². The van der Waals surface area contributed by atoms with Crippen LogP contribution in [0, 0.1) is 0 Å². The smallest absolute Gasteiger partial charge is 0.372 e. The molecule has 0 heterocycles. The summed E-state index contributed by atoms with van der Waals surface area (Å²) in [6, 6.07) is 0. The first-order valence-electron chi connectivity index (χ1n) is 6.96. The Bertz CT molecular complexity index is 288. The fraction of sp³-hybridized carbons (Fsp3) is 0.857. The minimum atomic E-state index is -2.17. The second-order valence-corrected chi connectivity index (χ2v) is 4.77. The molecule has 0 saturated carbocycles. The zero-order valence-electron chi connectivity index (χ0n) is 12.6. The summed E-state index contributed by atoms with van der Waals surface area (Å²) in [7, 11) is 0. The van der Waals surface area contributed by atoms with Crippen LogP contribution in [0.3, 0.4) is 0 Å². The predicted octanol–water partition coefficient (Wildman–Crippen LogP) is 2.77. The average Bonchev–Trinajstić information content (AvgIpc) is 2.37. The number of Topliss-reactive ketones (excluding diaryl/α,β-unsaturated/α-hetero) is 1. The van der Waals surface area contributed by atoms with Crippen LogP contribution in [0.1, 0.15) is 60.3 Å². The fourth-order valence-corrected chi connectivity index (χ4v) is 1.50. The van der Waals surface area contributed by atoms with E-state index in [4.69, 9.17) is 9.47 Å². The van der Waals surface area contributed by atoms with E-state index in [1.54, 1.807) is 13.8 Å². The van der Waals surface area contributed by atoms with Crippen molar-refractivity contribution in [3.63, 3.8) is 0 Å². The maximum Gasteiger partial charge on any atom is 0.372 e. The van der Waals surface area contributed by atoms with E-state index in [0.29, 0.717) is 19.3 Å². The van der Waals surface area contributed by atoms with Gasteiger partial charge in [0.15, 0.2) is 0 Å². The number of carboxylic acids is 1. The number of carbonyl (C=O) groups is 2. The van der Waals surface area contributed by atoms with E-state index >= 15 is 0 Å². The number of hydrogen-bond donors (Lipinski definition) is 1. The molecule has 1 N–H and O–H groups in total. The quantitative estimate of drug-likeness (QED) is 0.490. The van der Waals surface area contributed by atoms with Crippen LogP contribution >= 0.6 is 0 Å². The van der Waals surface area contributed by atoms with Gasteiger partial charge in [0, 0.05) is 6.42 Å². The molecule has 0 radical (unpaired) electrons. The van der Waals surface area contributed by atoms with Crippen LogP contribution < -0.4 is 0 Å². The molecule has 5 heteroatoms. The van der Waals surface area contributed by atoms with E-state index in [0.717, 1.165) is 0 Å². The molecule has 0 amide bonds. The summed E-state index contributed by atoms with van der Waals surface area (Å²) in [6.45, 7) is 9.01. The summed E-state index contributed by atoms with van der Waals surface area (Å²) in [6.07, 6.45) is 1.18. The van der Waals surface area contributed by atoms with Crippen molar-refractivity contribution in [1.82, 2.24) is 0 Å². The lowest BCUT2D eigenvalue weighted by Crippen LogP contribution is -2.54. The number of aliphatic carboxylic acids is 1. The molecule has 0 aliphatic carbocycles. The number of ether oxygens (including phenoxy) is 2. The van der Waals surface area contributed by atoms with Crippen LogP contribution in [-0.4, -0.2) is 34.9 Å². The molecular weight excluding hydrogens is 248 g/mol. The van der Waals surface area contributed by atoms with Crippen molar-refractivity contribution in [1.29, 1.82) is 0 Å². The van der Waals surface area contributed by atoms with Crippen LogP contribution in [0.4, 0.5) is 0 Å². The molecule has 0 aromatic carbocycles. The Morgan fingerprint density at radius 3 is 1.74 bits per heavy atom. The fourth-order valence-electron chi connectivity index (χ4n) is 1.50. The van der Waals surface area contributed by atoms with Crippen molar-refractivity contribution < 1.29 is 24.2 Å². The summed E-state index contributed by atoms with van der Waals surface area (Å²) in [4.78, 5) is 23.7. The largest absolute Gasteiger partial charge is 0.477 e. The monoisotopic (exact) mass is 274 g/mol. The summed E-state index contributed by atoms with van der Waals surface area (Å²) >= 11 is 0. The standard InChI is InChI=1S/C14H26O5/c1-6-9-12(15)14(13(16)17,18-10(4)7-2)19-11(5)8-3/h10-11H,6-9H2,1-5H3,(H,16,17). The van der Waals surface area contributed by atoms with Gasteiger partial charge in [0.2, 0.25) is 5.78 Å². The second-order valence-electron chi connectivity index (χ2n) is 4.77. The number of carbonyl (C=O) groups excluding carboxylic acids is 1. The zero-order chi connectivity index (χ0) is 15.1. The Morgan fingerprint density at radius 2 is 1.47 bits per heavy atom. The Balaban J connectivity index is 5.33. The van der Waals surface area contributed by atoms with Gasteiger partial charge in [-0.15, -0.1) is 0 Å². The lowest BCUT2D eigenvalue weighted by Gasteiger charge is -2.33. The van der Waals surface area contributed by atoms with Gasteiger partial charge in [-0.1, -0.05) is 20.8 Å². The molecular formula is C14H26O5. The lowest BCUT2D eigenvalue weighted by atomic mass is 10.1. The third kappa shape index (κ3) is 4.91. The Morgan fingerprint density at radius 1 is 1.05 bits per heavy atom. The first-order chi connectivity index (χ1) is 8.83. The Labute approximate surface area is 115 Å². The molecule has 0 aromatic rings. The molecule has 0 bridgehead atoms. The maximum absolute atomic E-state index is 12.2. The number of rotatable bonds is 10. The summed E-state index contributed by atoms with van der Waals surface area (Å²) < 4.78 is 10.9. The molecule has 19 heavy (non-hydrogen) atoms. The van der Waals surface area contributed by atoms with Gasteiger partial charge in [-0.2, -0.15) is 0 Å². The minimum Gasteiger partial charge on any atom is -0.477 e. The third-order valence-electron chi connectivity index (χ3n) is 3.01. The van der Waals surface area contributed by atoms with E-state index in [9.17, 15) is 14.7 Å². The summed E-state index contributed by atoms with van der Waals surface area (Å²) in [5.74, 6) is -4.06. The van der Waals surface area contributed by atoms with Gasteiger partial charge in [-0.05, 0) is 33.1 Å². The van der Waals surface area contributed by atoms with Crippen molar-refractivity contribution in [2.45, 2.75) is 78.3 Å².